The van der Waals surface area contributed by atoms with Crippen LogP contribution < -0.4 is 5.06 Å². The highest BCUT2D eigenvalue weighted by atomic mass is 79.9. The minimum absolute atomic E-state index is 0.320. The minimum atomic E-state index is -0.657. The van der Waals surface area contributed by atoms with Crippen molar-refractivity contribution in [2.75, 3.05) is 11.7 Å². The monoisotopic (exact) mass is 347 g/mol. The van der Waals surface area contributed by atoms with Crippen LogP contribution in [0.25, 0.3) is 0 Å². The van der Waals surface area contributed by atoms with Gasteiger partial charge in [-0.2, -0.15) is 5.06 Å². The Bertz CT molecular complexity index is 487. The minimum Gasteiger partial charge on any atom is -0.283 e. The number of ketones is 1. The lowest BCUT2D eigenvalue weighted by atomic mass is 10.1. The van der Waals surface area contributed by atoms with Gasteiger partial charge in [0.15, 0.2) is 0 Å². The molecular formula is C10H7Br2NO3. The van der Waals surface area contributed by atoms with E-state index in [4.69, 9.17) is 4.84 Å². The van der Waals surface area contributed by atoms with Crippen molar-refractivity contribution in [3.63, 3.8) is 0 Å². The number of carbonyl (C=O) groups is 2. The second-order valence-electron chi connectivity index (χ2n) is 3.13. The topological polar surface area (TPSA) is 46.6 Å². The lowest BCUT2D eigenvalue weighted by Crippen LogP contribution is -2.29. The maximum Gasteiger partial charge on any atom is 0.323 e. The number of hydrogen-bond acceptors (Lipinski definition) is 3. The van der Waals surface area contributed by atoms with Crippen LogP contribution in [-0.2, 0) is 9.63 Å². The van der Waals surface area contributed by atoms with E-state index in [0.717, 1.165) is 9.54 Å². The van der Waals surface area contributed by atoms with Crippen LogP contribution in [0.4, 0.5) is 5.69 Å². The number of nitrogens with zero attached hydrogens (tertiary/aromatic N) is 1. The van der Waals surface area contributed by atoms with Crippen LogP contribution in [0.3, 0.4) is 0 Å². The van der Waals surface area contributed by atoms with E-state index in [2.05, 4.69) is 31.9 Å². The fourth-order valence-corrected chi connectivity index (χ4v) is 2.89. The molecule has 1 aromatic rings. The molecule has 0 N–H and O–H groups in total. The summed E-state index contributed by atoms with van der Waals surface area (Å²) < 4.78 is 1.38. The normalized spacial score (nSPS) is 14.6. The van der Waals surface area contributed by atoms with E-state index < -0.39 is 11.7 Å². The van der Waals surface area contributed by atoms with Crippen molar-refractivity contribution in [1.82, 2.24) is 0 Å². The zero-order valence-corrected chi connectivity index (χ0v) is 11.5. The molecule has 1 aromatic carbocycles. The highest BCUT2D eigenvalue weighted by Crippen LogP contribution is 2.38. The van der Waals surface area contributed by atoms with Gasteiger partial charge in [-0.05, 0) is 35.0 Å². The Morgan fingerprint density at radius 3 is 2.62 bits per heavy atom. The third-order valence-electron chi connectivity index (χ3n) is 2.11. The number of amides is 1. The Morgan fingerprint density at radius 2 is 2.00 bits per heavy atom. The van der Waals surface area contributed by atoms with Gasteiger partial charge in [0, 0.05) is 8.95 Å². The molecule has 0 aliphatic carbocycles. The SMILES string of the molecule is CCON1C(=O)C(=O)c2cc(Br)cc(Br)c21. The van der Waals surface area contributed by atoms with E-state index in [1.54, 1.807) is 19.1 Å². The smallest absolute Gasteiger partial charge is 0.283 e. The summed E-state index contributed by atoms with van der Waals surface area (Å²) in [5.41, 5.74) is 0.819. The first-order valence-electron chi connectivity index (χ1n) is 4.57. The molecule has 0 saturated carbocycles. The van der Waals surface area contributed by atoms with Crippen LogP contribution >= 0.6 is 31.9 Å². The second-order valence-corrected chi connectivity index (χ2v) is 4.90. The summed E-state index contributed by atoms with van der Waals surface area (Å²) in [7, 11) is 0. The van der Waals surface area contributed by atoms with Gasteiger partial charge in [-0.15, -0.1) is 0 Å². The van der Waals surface area contributed by atoms with Crippen LogP contribution in [0.15, 0.2) is 21.1 Å². The quantitative estimate of drug-likeness (QED) is 0.772. The number of anilines is 1. The van der Waals surface area contributed by atoms with Crippen molar-refractivity contribution in [3.05, 3.63) is 26.6 Å². The maximum atomic E-state index is 11.7. The van der Waals surface area contributed by atoms with Gasteiger partial charge in [-0.1, -0.05) is 15.9 Å². The number of carbonyl (C=O) groups excluding carboxylic acids is 2. The van der Waals surface area contributed by atoms with Crippen molar-refractivity contribution in [2.24, 2.45) is 0 Å². The van der Waals surface area contributed by atoms with Crippen LogP contribution in [0, 0.1) is 0 Å². The molecule has 0 radical (unpaired) electrons. The molecule has 84 valence electrons. The van der Waals surface area contributed by atoms with Crippen LogP contribution in [0.2, 0.25) is 0 Å². The zero-order valence-electron chi connectivity index (χ0n) is 8.29. The van der Waals surface area contributed by atoms with E-state index in [0.29, 0.717) is 22.3 Å². The molecule has 1 heterocycles. The number of rotatable bonds is 2. The zero-order chi connectivity index (χ0) is 11.9. The molecule has 0 bridgehead atoms. The van der Waals surface area contributed by atoms with E-state index in [1.807, 2.05) is 0 Å². The second kappa shape index (κ2) is 4.27. The molecule has 16 heavy (non-hydrogen) atoms. The highest BCUT2D eigenvalue weighted by Gasteiger charge is 2.38. The number of fused-ring (bicyclic) bond motifs is 1. The van der Waals surface area contributed by atoms with Gasteiger partial charge in [0.1, 0.15) is 0 Å². The van der Waals surface area contributed by atoms with Crippen molar-refractivity contribution in [1.29, 1.82) is 0 Å². The van der Waals surface area contributed by atoms with Crippen molar-refractivity contribution in [2.45, 2.75) is 6.92 Å². The van der Waals surface area contributed by atoms with Gasteiger partial charge in [-0.25, -0.2) is 0 Å². The number of benzene rings is 1. The number of halogens is 2. The summed E-state index contributed by atoms with van der Waals surface area (Å²) in [5.74, 6) is -1.21. The molecule has 0 aromatic heterocycles. The van der Waals surface area contributed by atoms with Crippen LogP contribution in [0.1, 0.15) is 17.3 Å². The Balaban J connectivity index is 2.60. The van der Waals surface area contributed by atoms with Crippen LogP contribution in [-0.4, -0.2) is 18.3 Å². The molecule has 1 aliphatic rings. The Hall–Kier alpha value is -0.720. The van der Waals surface area contributed by atoms with Crippen molar-refractivity contribution in [3.8, 4) is 0 Å². The molecular weight excluding hydrogens is 342 g/mol. The lowest BCUT2D eigenvalue weighted by Gasteiger charge is -2.15. The Labute approximate surface area is 109 Å². The van der Waals surface area contributed by atoms with Crippen molar-refractivity contribution < 1.29 is 14.4 Å². The summed E-state index contributed by atoms with van der Waals surface area (Å²) >= 11 is 6.58. The van der Waals surface area contributed by atoms with E-state index in [1.165, 1.54) is 0 Å². The molecule has 0 atom stereocenters. The summed E-state index contributed by atoms with van der Waals surface area (Å²) in [5, 5.41) is 1.04. The third-order valence-corrected chi connectivity index (χ3v) is 3.18. The lowest BCUT2D eigenvalue weighted by molar-refractivity contribution is -0.120. The number of Topliss-reactive ketones (excluding diaryl/α,β-unsaturated/α-hetero) is 1. The summed E-state index contributed by atoms with van der Waals surface area (Å²) in [4.78, 5) is 28.5. The van der Waals surface area contributed by atoms with Crippen LogP contribution in [0.5, 0.6) is 0 Å². The first-order valence-corrected chi connectivity index (χ1v) is 6.15. The van der Waals surface area contributed by atoms with Gasteiger partial charge < -0.3 is 0 Å². The maximum absolute atomic E-state index is 11.7. The van der Waals surface area contributed by atoms with E-state index in [9.17, 15) is 9.59 Å². The fraction of sp³-hybridized carbons (Fsp3) is 0.200. The van der Waals surface area contributed by atoms with E-state index >= 15 is 0 Å². The first-order chi connectivity index (χ1) is 7.56. The molecule has 6 heteroatoms. The van der Waals surface area contributed by atoms with Gasteiger partial charge in [0.2, 0.25) is 0 Å². The molecule has 0 fully saturated rings. The molecule has 2 rings (SSSR count). The Morgan fingerprint density at radius 1 is 1.31 bits per heavy atom. The molecule has 4 nitrogen and oxygen atoms in total. The standard InChI is InChI=1S/C10H7Br2NO3/c1-2-16-13-8-6(9(14)10(13)15)3-5(11)4-7(8)12/h3-4H,2H2,1H3. The summed E-state index contributed by atoms with van der Waals surface area (Å²) in [6, 6.07) is 3.37. The highest BCUT2D eigenvalue weighted by molar-refractivity contribution is 9.11. The predicted molar refractivity (Wildman–Crippen MR) is 65.3 cm³/mol. The Kier molecular flexibility index (Phi) is 3.14. The van der Waals surface area contributed by atoms with E-state index in [-0.39, 0.29) is 0 Å². The van der Waals surface area contributed by atoms with Gasteiger partial charge in [0.25, 0.3) is 5.78 Å². The third kappa shape index (κ3) is 1.70. The first kappa shape index (κ1) is 11.8. The average molecular weight is 349 g/mol. The van der Waals surface area contributed by atoms with Gasteiger partial charge >= 0.3 is 5.91 Å². The van der Waals surface area contributed by atoms with Crippen molar-refractivity contribution >= 4 is 49.2 Å². The molecule has 0 saturated heterocycles. The van der Waals surface area contributed by atoms with Gasteiger partial charge in [-0.3, -0.25) is 14.4 Å². The largest absolute Gasteiger partial charge is 0.323 e. The molecule has 1 amide bonds. The fourth-order valence-electron chi connectivity index (χ4n) is 1.51. The van der Waals surface area contributed by atoms with Gasteiger partial charge in [0.05, 0.1) is 17.9 Å². The number of hydroxylamine groups is 1. The molecule has 0 unspecified atom stereocenters. The number of hydrogen-bond donors (Lipinski definition) is 0. The summed E-state index contributed by atoms with van der Waals surface area (Å²) in [6.07, 6.45) is 0. The summed E-state index contributed by atoms with van der Waals surface area (Å²) in [6.45, 7) is 2.07. The molecule has 1 aliphatic heterocycles. The molecule has 0 spiro atoms. The average Bonchev–Trinajstić information content (AvgIpc) is 2.44. The predicted octanol–water partition coefficient (Wildman–Crippen LogP) is 2.69.